The molecule has 4 heteroatoms. The van der Waals surface area contributed by atoms with Crippen LogP contribution in [0, 0.1) is 5.92 Å². The van der Waals surface area contributed by atoms with Crippen LogP contribution in [0.1, 0.15) is 12.6 Å². The van der Waals surface area contributed by atoms with Crippen molar-refractivity contribution < 1.29 is 0 Å². The number of hydrogen-bond acceptors (Lipinski definition) is 3. The van der Waals surface area contributed by atoms with Gasteiger partial charge in [-0.05, 0) is 18.1 Å². The summed E-state index contributed by atoms with van der Waals surface area (Å²) in [6.45, 7) is 5.04. The van der Waals surface area contributed by atoms with Crippen LogP contribution in [0.15, 0.2) is 18.3 Å². The van der Waals surface area contributed by atoms with Crippen LogP contribution in [0.5, 0.6) is 0 Å². The van der Waals surface area contributed by atoms with Crippen molar-refractivity contribution in [1.82, 2.24) is 9.88 Å². The summed E-state index contributed by atoms with van der Waals surface area (Å²) in [5.74, 6) is 0.573. The fourth-order valence-electron chi connectivity index (χ4n) is 1.99. The predicted octanol–water partition coefficient (Wildman–Crippen LogP) is 1.51. The number of nitrogens with two attached hydrogens (primary N) is 1. The topological polar surface area (TPSA) is 42.2 Å². The minimum absolute atomic E-state index is 0.296. The number of rotatable bonds is 2. The molecule has 3 nitrogen and oxygen atoms in total. The number of likely N-dealkylation sites (tertiary alicyclic amines) is 1. The summed E-state index contributed by atoms with van der Waals surface area (Å²) in [5.41, 5.74) is 6.98. The minimum atomic E-state index is 0.296. The molecule has 1 fully saturated rings. The molecule has 0 spiro atoms. The molecular formula is C11H16ClN3. The van der Waals surface area contributed by atoms with Gasteiger partial charge in [0, 0.05) is 36.9 Å². The van der Waals surface area contributed by atoms with Gasteiger partial charge in [0.2, 0.25) is 0 Å². The lowest BCUT2D eigenvalue weighted by Crippen LogP contribution is -2.28. The van der Waals surface area contributed by atoms with Gasteiger partial charge in [-0.3, -0.25) is 9.88 Å². The molecular weight excluding hydrogens is 210 g/mol. The average molecular weight is 226 g/mol. The maximum atomic E-state index is 5.96. The van der Waals surface area contributed by atoms with E-state index in [9.17, 15) is 0 Å². The molecule has 0 bridgehead atoms. The van der Waals surface area contributed by atoms with Gasteiger partial charge in [0.05, 0.1) is 5.69 Å². The number of pyridine rings is 1. The van der Waals surface area contributed by atoms with Gasteiger partial charge in [0.1, 0.15) is 0 Å². The summed E-state index contributed by atoms with van der Waals surface area (Å²) in [7, 11) is 0. The molecule has 82 valence electrons. The van der Waals surface area contributed by atoms with Crippen molar-refractivity contribution in [3.8, 4) is 0 Å². The van der Waals surface area contributed by atoms with Gasteiger partial charge in [-0.1, -0.05) is 18.5 Å². The SMILES string of the molecule is CC1CN(Cc2cc(Cl)ccn2)CC1N. The molecule has 0 aromatic carbocycles. The highest BCUT2D eigenvalue weighted by Crippen LogP contribution is 2.17. The number of halogens is 1. The summed E-state index contributed by atoms with van der Waals surface area (Å²) in [4.78, 5) is 6.61. The van der Waals surface area contributed by atoms with Crippen molar-refractivity contribution in [2.45, 2.75) is 19.5 Å². The summed E-state index contributed by atoms with van der Waals surface area (Å²) in [6.07, 6.45) is 1.75. The zero-order valence-corrected chi connectivity index (χ0v) is 9.61. The highest BCUT2D eigenvalue weighted by molar-refractivity contribution is 6.30. The lowest BCUT2D eigenvalue weighted by Gasteiger charge is -2.14. The van der Waals surface area contributed by atoms with Crippen molar-refractivity contribution in [2.75, 3.05) is 13.1 Å². The monoisotopic (exact) mass is 225 g/mol. The van der Waals surface area contributed by atoms with Gasteiger partial charge in [0.25, 0.3) is 0 Å². The average Bonchev–Trinajstić information content (AvgIpc) is 2.45. The molecule has 1 aromatic heterocycles. The maximum Gasteiger partial charge on any atom is 0.0558 e. The van der Waals surface area contributed by atoms with Crippen LogP contribution >= 0.6 is 11.6 Å². The second-order valence-corrected chi connectivity index (χ2v) is 4.74. The van der Waals surface area contributed by atoms with E-state index in [0.29, 0.717) is 12.0 Å². The Labute approximate surface area is 95.2 Å². The van der Waals surface area contributed by atoms with Gasteiger partial charge in [-0.25, -0.2) is 0 Å². The molecule has 2 atom stereocenters. The van der Waals surface area contributed by atoms with Crippen molar-refractivity contribution in [3.63, 3.8) is 0 Å². The highest BCUT2D eigenvalue weighted by atomic mass is 35.5. The Morgan fingerprint density at radius 3 is 3.00 bits per heavy atom. The van der Waals surface area contributed by atoms with Crippen molar-refractivity contribution in [1.29, 1.82) is 0 Å². The van der Waals surface area contributed by atoms with Crippen LogP contribution in [-0.4, -0.2) is 29.0 Å². The van der Waals surface area contributed by atoms with E-state index >= 15 is 0 Å². The Balaban J connectivity index is 1.98. The molecule has 2 heterocycles. The van der Waals surface area contributed by atoms with E-state index < -0.39 is 0 Å². The highest BCUT2D eigenvalue weighted by Gasteiger charge is 2.26. The normalized spacial score (nSPS) is 27.1. The largest absolute Gasteiger partial charge is 0.326 e. The number of hydrogen-bond donors (Lipinski definition) is 1. The lowest BCUT2D eigenvalue weighted by molar-refractivity contribution is 0.315. The third-order valence-corrected chi connectivity index (χ3v) is 3.15. The van der Waals surface area contributed by atoms with Gasteiger partial charge in [-0.2, -0.15) is 0 Å². The summed E-state index contributed by atoms with van der Waals surface area (Å²) < 4.78 is 0. The molecule has 0 amide bonds. The van der Waals surface area contributed by atoms with E-state index in [1.165, 1.54) is 0 Å². The molecule has 1 aliphatic rings. The van der Waals surface area contributed by atoms with Crippen molar-refractivity contribution in [2.24, 2.45) is 11.7 Å². The Hall–Kier alpha value is -0.640. The third kappa shape index (κ3) is 2.68. The van der Waals surface area contributed by atoms with Gasteiger partial charge in [0.15, 0.2) is 0 Å². The van der Waals surface area contributed by atoms with Crippen LogP contribution in [0.3, 0.4) is 0 Å². The first-order valence-corrected chi connectivity index (χ1v) is 5.61. The first-order chi connectivity index (χ1) is 7.15. The standard InChI is InChI=1S/C11H16ClN3/c1-8-5-15(7-11(8)13)6-10-4-9(12)2-3-14-10/h2-4,8,11H,5-7,13H2,1H3. The van der Waals surface area contributed by atoms with Gasteiger partial charge < -0.3 is 5.73 Å². The Morgan fingerprint density at radius 2 is 2.40 bits per heavy atom. The van der Waals surface area contributed by atoms with E-state index in [-0.39, 0.29) is 0 Å². The summed E-state index contributed by atoms with van der Waals surface area (Å²) in [5, 5.41) is 0.747. The first kappa shape index (κ1) is 10.9. The Kier molecular flexibility index (Phi) is 3.24. The van der Waals surface area contributed by atoms with Crippen molar-refractivity contribution >= 4 is 11.6 Å². The van der Waals surface area contributed by atoms with E-state index in [2.05, 4.69) is 16.8 Å². The molecule has 0 radical (unpaired) electrons. The van der Waals surface area contributed by atoms with Crippen LogP contribution < -0.4 is 5.73 Å². The number of nitrogens with zero attached hydrogens (tertiary/aromatic N) is 2. The molecule has 2 N–H and O–H groups in total. The van der Waals surface area contributed by atoms with E-state index in [4.69, 9.17) is 17.3 Å². The quantitative estimate of drug-likeness (QED) is 0.830. The third-order valence-electron chi connectivity index (χ3n) is 2.91. The maximum absolute atomic E-state index is 5.96. The van der Waals surface area contributed by atoms with Crippen LogP contribution in [0.25, 0.3) is 0 Å². The Morgan fingerprint density at radius 1 is 1.60 bits per heavy atom. The lowest BCUT2D eigenvalue weighted by atomic mass is 10.1. The van der Waals surface area contributed by atoms with Crippen LogP contribution in [-0.2, 0) is 6.54 Å². The van der Waals surface area contributed by atoms with Crippen LogP contribution in [0.4, 0.5) is 0 Å². The molecule has 1 aromatic rings. The predicted molar refractivity (Wildman–Crippen MR) is 61.7 cm³/mol. The molecule has 1 aliphatic heterocycles. The zero-order valence-electron chi connectivity index (χ0n) is 8.86. The molecule has 2 unspecified atom stereocenters. The van der Waals surface area contributed by atoms with Gasteiger partial charge >= 0.3 is 0 Å². The fraction of sp³-hybridized carbons (Fsp3) is 0.545. The molecule has 2 rings (SSSR count). The second-order valence-electron chi connectivity index (χ2n) is 4.30. The van der Waals surface area contributed by atoms with E-state index in [1.54, 1.807) is 12.3 Å². The number of aromatic nitrogens is 1. The fourth-order valence-corrected chi connectivity index (χ4v) is 2.17. The van der Waals surface area contributed by atoms with E-state index in [0.717, 1.165) is 30.4 Å². The molecule has 1 saturated heterocycles. The Bertz CT molecular complexity index is 332. The zero-order chi connectivity index (χ0) is 10.8. The van der Waals surface area contributed by atoms with Crippen LogP contribution in [0.2, 0.25) is 5.02 Å². The second kappa shape index (κ2) is 4.47. The summed E-state index contributed by atoms with van der Waals surface area (Å²) >= 11 is 5.90. The first-order valence-electron chi connectivity index (χ1n) is 5.23. The van der Waals surface area contributed by atoms with Crippen molar-refractivity contribution in [3.05, 3.63) is 29.0 Å². The molecule has 0 saturated carbocycles. The van der Waals surface area contributed by atoms with E-state index in [1.807, 2.05) is 6.07 Å². The molecule has 15 heavy (non-hydrogen) atoms. The smallest absolute Gasteiger partial charge is 0.0558 e. The van der Waals surface area contributed by atoms with Gasteiger partial charge in [-0.15, -0.1) is 0 Å². The minimum Gasteiger partial charge on any atom is -0.326 e. The molecule has 0 aliphatic carbocycles. The summed E-state index contributed by atoms with van der Waals surface area (Å²) in [6, 6.07) is 4.00.